The lowest BCUT2D eigenvalue weighted by Crippen LogP contribution is -2.21. The number of H-pyrrole nitrogens is 1. The van der Waals surface area contributed by atoms with Crippen LogP contribution in [-0.2, 0) is 12.8 Å². The molecular weight excluding hydrogens is 264 g/mol. The van der Waals surface area contributed by atoms with E-state index in [0.29, 0.717) is 10.8 Å². The van der Waals surface area contributed by atoms with Crippen LogP contribution >= 0.6 is 23.6 Å². The van der Waals surface area contributed by atoms with E-state index in [-0.39, 0.29) is 5.56 Å². The van der Waals surface area contributed by atoms with Gasteiger partial charge >= 0.3 is 0 Å². The first-order valence-corrected chi connectivity index (χ1v) is 7.77. The zero-order chi connectivity index (χ0) is 12.3. The summed E-state index contributed by atoms with van der Waals surface area (Å²) in [6.07, 6.45) is 6.82. The summed E-state index contributed by atoms with van der Waals surface area (Å²) >= 11 is 7.07. The van der Waals surface area contributed by atoms with Gasteiger partial charge in [0.25, 0.3) is 5.56 Å². The molecule has 0 saturated heterocycles. The molecule has 4 rings (SSSR count). The molecule has 94 valence electrons. The lowest BCUT2D eigenvalue weighted by molar-refractivity contribution is 0.679. The Morgan fingerprint density at radius 2 is 2.06 bits per heavy atom. The minimum absolute atomic E-state index is 0.149. The van der Waals surface area contributed by atoms with Crippen LogP contribution in [0.2, 0.25) is 0 Å². The van der Waals surface area contributed by atoms with Gasteiger partial charge < -0.3 is 4.98 Å². The van der Waals surface area contributed by atoms with Gasteiger partial charge in [0.2, 0.25) is 0 Å². The molecule has 0 atom stereocenters. The van der Waals surface area contributed by atoms with Gasteiger partial charge in [-0.1, -0.05) is 0 Å². The van der Waals surface area contributed by atoms with Crippen molar-refractivity contribution in [2.45, 2.75) is 44.6 Å². The summed E-state index contributed by atoms with van der Waals surface area (Å²) < 4.78 is 2.41. The summed E-state index contributed by atoms with van der Waals surface area (Å²) in [7, 11) is 0. The first-order chi connectivity index (χ1) is 8.75. The summed E-state index contributed by atoms with van der Waals surface area (Å²) in [4.78, 5) is 18.3. The number of rotatable bonds is 1. The zero-order valence-corrected chi connectivity index (χ0v) is 11.6. The molecule has 0 amide bonds. The summed E-state index contributed by atoms with van der Waals surface area (Å²) in [5.41, 5.74) is 1.45. The van der Waals surface area contributed by atoms with Gasteiger partial charge in [0, 0.05) is 10.9 Å². The average molecular weight is 278 g/mol. The van der Waals surface area contributed by atoms with Crippen LogP contribution in [0.25, 0.3) is 10.2 Å². The van der Waals surface area contributed by atoms with Crippen LogP contribution in [0.5, 0.6) is 0 Å². The number of nitrogens with zero attached hydrogens (tertiary/aromatic N) is 1. The molecule has 0 unspecified atom stereocenters. The predicted octanol–water partition coefficient (Wildman–Crippen LogP) is 3.33. The molecule has 1 saturated carbocycles. The third-order valence-corrected chi connectivity index (χ3v) is 5.46. The first kappa shape index (κ1) is 10.9. The number of thiophene rings is 1. The van der Waals surface area contributed by atoms with Gasteiger partial charge in [0.15, 0.2) is 4.77 Å². The molecular formula is C13H14N2OS2. The van der Waals surface area contributed by atoms with Crippen molar-refractivity contribution in [3.8, 4) is 0 Å². The highest BCUT2D eigenvalue weighted by molar-refractivity contribution is 7.71. The van der Waals surface area contributed by atoms with Crippen molar-refractivity contribution in [2.75, 3.05) is 0 Å². The number of aromatic nitrogens is 2. The fraction of sp³-hybridized carbons (Fsp3) is 0.538. The quantitative estimate of drug-likeness (QED) is 0.812. The Balaban J connectivity index is 2.11. The second-order valence-corrected chi connectivity index (χ2v) is 6.74. The van der Waals surface area contributed by atoms with Gasteiger partial charge in [-0.3, -0.25) is 9.36 Å². The third-order valence-electron chi connectivity index (χ3n) is 3.96. The van der Waals surface area contributed by atoms with E-state index < -0.39 is 0 Å². The largest absolute Gasteiger partial charge is 0.323 e. The summed E-state index contributed by atoms with van der Waals surface area (Å²) in [6.45, 7) is 0. The van der Waals surface area contributed by atoms with Crippen molar-refractivity contribution in [2.24, 2.45) is 0 Å². The van der Waals surface area contributed by atoms with Gasteiger partial charge in [-0.2, -0.15) is 0 Å². The van der Waals surface area contributed by atoms with Crippen LogP contribution < -0.4 is 5.56 Å². The van der Waals surface area contributed by atoms with E-state index in [0.717, 1.165) is 35.9 Å². The molecule has 1 N–H and O–H groups in total. The van der Waals surface area contributed by atoms with E-state index in [9.17, 15) is 4.79 Å². The lowest BCUT2D eigenvalue weighted by Gasteiger charge is -2.10. The Morgan fingerprint density at radius 3 is 2.83 bits per heavy atom. The van der Waals surface area contributed by atoms with Crippen molar-refractivity contribution in [3.05, 3.63) is 25.6 Å². The molecule has 18 heavy (non-hydrogen) atoms. The first-order valence-electron chi connectivity index (χ1n) is 6.55. The standard InChI is InChI=1S/C13H14N2OS2/c16-12-10-8-3-1-2-4-9(8)18-11(10)14-13(17)15(12)7-5-6-7/h7H,1-6H2,(H,14,17). The van der Waals surface area contributed by atoms with Crippen LogP contribution in [0.4, 0.5) is 0 Å². The highest BCUT2D eigenvalue weighted by atomic mass is 32.1. The smallest absolute Gasteiger partial charge is 0.263 e. The topological polar surface area (TPSA) is 37.8 Å². The average Bonchev–Trinajstić information content (AvgIpc) is 3.09. The van der Waals surface area contributed by atoms with Crippen molar-refractivity contribution < 1.29 is 0 Å². The molecule has 2 aliphatic carbocycles. The maximum absolute atomic E-state index is 12.6. The molecule has 0 bridgehead atoms. The van der Waals surface area contributed by atoms with Gasteiger partial charge in [-0.05, 0) is 56.3 Å². The molecule has 0 aromatic carbocycles. The number of nitrogens with one attached hydrogen (secondary N) is 1. The van der Waals surface area contributed by atoms with Crippen molar-refractivity contribution in [3.63, 3.8) is 0 Å². The molecule has 0 spiro atoms. The van der Waals surface area contributed by atoms with Crippen LogP contribution in [-0.4, -0.2) is 9.55 Å². The molecule has 0 radical (unpaired) electrons. The highest BCUT2D eigenvalue weighted by Gasteiger charge is 2.28. The van der Waals surface area contributed by atoms with Crippen molar-refractivity contribution in [1.82, 2.24) is 9.55 Å². The van der Waals surface area contributed by atoms with E-state index in [1.54, 1.807) is 15.9 Å². The van der Waals surface area contributed by atoms with Crippen molar-refractivity contribution in [1.29, 1.82) is 0 Å². The molecule has 2 aromatic rings. The Labute approximate surface area is 113 Å². The Hall–Kier alpha value is -0.940. The maximum Gasteiger partial charge on any atom is 0.263 e. The number of aryl methyl sites for hydroxylation is 2. The van der Waals surface area contributed by atoms with E-state index in [1.807, 2.05) is 0 Å². The van der Waals surface area contributed by atoms with Crippen LogP contribution in [0, 0.1) is 4.77 Å². The molecule has 1 fully saturated rings. The van der Waals surface area contributed by atoms with E-state index in [2.05, 4.69) is 4.98 Å². The summed E-state index contributed by atoms with van der Waals surface area (Å²) in [5, 5.41) is 0.926. The van der Waals surface area contributed by atoms with Crippen LogP contribution in [0.1, 0.15) is 42.2 Å². The summed E-state index contributed by atoms with van der Waals surface area (Å²) in [6, 6.07) is 0.352. The van der Waals surface area contributed by atoms with Crippen LogP contribution in [0.15, 0.2) is 4.79 Å². The van der Waals surface area contributed by atoms with E-state index in [1.165, 1.54) is 23.3 Å². The minimum Gasteiger partial charge on any atom is -0.323 e. The molecule has 2 aliphatic rings. The van der Waals surface area contributed by atoms with Gasteiger partial charge in [0.1, 0.15) is 4.83 Å². The van der Waals surface area contributed by atoms with Gasteiger partial charge in [0.05, 0.1) is 5.39 Å². The monoisotopic (exact) mass is 278 g/mol. The minimum atomic E-state index is 0.149. The lowest BCUT2D eigenvalue weighted by atomic mass is 9.97. The van der Waals surface area contributed by atoms with E-state index >= 15 is 0 Å². The van der Waals surface area contributed by atoms with Gasteiger partial charge in [-0.15, -0.1) is 11.3 Å². The number of fused-ring (bicyclic) bond motifs is 3. The number of hydrogen-bond donors (Lipinski definition) is 1. The van der Waals surface area contributed by atoms with E-state index in [4.69, 9.17) is 12.2 Å². The zero-order valence-electron chi connectivity index (χ0n) is 9.99. The Kier molecular flexibility index (Phi) is 2.29. The Morgan fingerprint density at radius 1 is 1.28 bits per heavy atom. The van der Waals surface area contributed by atoms with Crippen molar-refractivity contribution >= 4 is 33.8 Å². The third kappa shape index (κ3) is 1.47. The molecule has 2 heterocycles. The van der Waals surface area contributed by atoms with Crippen LogP contribution in [0.3, 0.4) is 0 Å². The highest BCUT2D eigenvalue weighted by Crippen LogP contribution is 2.37. The molecule has 3 nitrogen and oxygen atoms in total. The van der Waals surface area contributed by atoms with Gasteiger partial charge in [-0.25, -0.2) is 0 Å². The molecule has 0 aliphatic heterocycles. The second kappa shape index (κ2) is 3.78. The normalized spacial score (nSPS) is 19.1. The predicted molar refractivity (Wildman–Crippen MR) is 76.2 cm³/mol. The molecule has 2 aromatic heterocycles. The Bertz CT molecular complexity index is 749. The second-order valence-electron chi connectivity index (χ2n) is 5.25. The molecule has 5 heteroatoms. The fourth-order valence-corrected chi connectivity index (χ4v) is 4.59. The number of aromatic amines is 1. The SMILES string of the molecule is O=c1c2c3c(sc2[nH]c(=S)n1C1CC1)CCCC3. The number of hydrogen-bond acceptors (Lipinski definition) is 3. The maximum atomic E-state index is 12.6. The fourth-order valence-electron chi connectivity index (χ4n) is 2.91. The summed E-state index contributed by atoms with van der Waals surface area (Å²) in [5.74, 6) is 0.